The number of carbonyl (C=O) groups is 3. The summed E-state index contributed by atoms with van der Waals surface area (Å²) in [4.78, 5) is 36.9. The molecule has 0 fully saturated rings. The van der Waals surface area contributed by atoms with E-state index in [2.05, 4.69) is 29.3 Å². The van der Waals surface area contributed by atoms with Crippen molar-refractivity contribution in [3.63, 3.8) is 0 Å². The zero-order valence-corrected chi connectivity index (χ0v) is 19.7. The van der Waals surface area contributed by atoms with E-state index in [4.69, 9.17) is 4.74 Å². The van der Waals surface area contributed by atoms with Crippen LogP contribution in [-0.4, -0.2) is 42.3 Å². The lowest BCUT2D eigenvalue weighted by Crippen LogP contribution is -2.50. The second-order valence-corrected chi connectivity index (χ2v) is 8.83. The van der Waals surface area contributed by atoms with Gasteiger partial charge in [0.05, 0.1) is 5.41 Å². The maximum atomic E-state index is 12.7. The van der Waals surface area contributed by atoms with Gasteiger partial charge >= 0.3 is 12.1 Å². The summed E-state index contributed by atoms with van der Waals surface area (Å²) in [6.45, 7) is 7.11. The van der Waals surface area contributed by atoms with Gasteiger partial charge in [-0.3, -0.25) is 9.59 Å². The molecule has 0 aromatic heterocycles. The molecule has 1 aliphatic carbocycles. The molecule has 2 atom stereocenters. The molecule has 0 heterocycles. The molecule has 3 N–H and O–H groups in total. The molecule has 0 saturated heterocycles. The van der Waals surface area contributed by atoms with Gasteiger partial charge in [-0.2, -0.15) is 0 Å². The fourth-order valence-electron chi connectivity index (χ4n) is 4.09. The number of benzene rings is 2. The zero-order chi connectivity index (χ0) is 24.7. The van der Waals surface area contributed by atoms with E-state index in [0.29, 0.717) is 19.3 Å². The Morgan fingerprint density at radius 2 is 1.71 bits per heavy atom. The summed E-state index contributed by atoms with van der Waals surface area (Å²) >= 11 is 0. The number of carboxylic acid groups (broad SMARTS) is 1. The van der Waals surface area contributed by atoms with Crippen LogP contribution in [0.2, 0.25) is 0 Å². The van der Waals surface area contributed by atoms with Crippen LogP contribution in [0, 0.1) is 5.41 Å². The number of carboxylic acids is 1. The van der Waals surface area contributed by atoms with Gasteiger partial charge in [-0.1, -0.05) is 61.5 Å². The molecular weight excluding hydrogens is 432 g/mol. The molecule has 3 rings (SSSR count). The molecule has 2 aromatic carbocycles. The second-order valence-electron chi connectivity index (χ2n) is 8.83. The van der Waals surface area contributed by atoms with Crippen molar-refractivity contribution in [2.24, 2.45) is 5.41 Å². The van der Waals surface area contributed by atoms with Gasteiger partial charge < -0.3 is 20.5 Å². The Balaban J connectivity index is 1.63. The van der Waals surface area contributed by atoms with Crippen LogP contribution >= 0.6 is 0 Å². The third-order valence-corrected chi connectivity index (χ3v) is 6.56. The predicted octanol–water partition coefficient (Wildman–Crippen LogP) is 4.48. The van der Waals surface area contributed by atoms with Crippen LogP contribution in [0.4, 0.5) is 4.79 Å². The first-order valence-electron chi connectivity index (χ1n) is 11.5. The molecule has 2 amide bonds. The molecule has 7 heteroatoms. The summed E-state index contributed by atoms with van der Waals surface area (Å²) in [6.07, 6.45) is 2.16. The van der Waals surface area contributed by atoms with E-state index >= 15 is 0 Å². The van der Waals surface area contributed by atoms with Crippen LogP contribution in [0.1, 0.15) is 50.2 Å². The van der Waals surface area contributed by atoms with Gasteiger partial charge in [0.15, 0.2) is 0 Å². The minimum Gasteiger partial charge on any atom is -0.481 e. The molecule has 0 aliphatic heterocycles. The lowest BCUT2D eigenvalue weighted by molar-refractivity contribution is -0.148. The smallest absolute Gasteiger partial charge is 0.407 e. The predicted molar refractivity (Wildman–Crippen MR) is 130 cm³/mol. The maximum Gasteiger partial charge on any atom is 0.407 e. The summed E-state index contributed by atoms with van der Waals surface area (Å²) < 4.78 is 5.56. The molecule has 180 valence electrons. The topological polar surface area (TPSA) is 105 Å². The van der Waals surface area contributed by atoms with E-state index in [1.54, 1.807) is 19.9 Å². The molecule has 0 spiro atoms. The maximum absolute atomic E-state index is 12.7. The van der Waals surface area contributed by atoms with E-state index in [1.807, 2.05) is 36.4 Å². The van der Waals surface area contributed by atoms with Gasteiger partial charge in [-0.05, 0) is 48.4 Å². The minimum absolute atomic E-state index is 0.0331. The highest BCUT2D eigenvalue weighted by Gasteiger charge is 2.33. The molecule has 7 nitrogen and oxygen atoms in total. The number of allylic oxidation sites excluding steroid dienone is 1. The van der Waals surface area contributed by atoms with Crippen molar-refractivity contribution >= 4 is 18.0 Å². The Hall–Kier alpha value is -3.61. The van der Waals surface area contributed by atoms with Crippen molar-refractivity contribution in [3.05, 3.63) is 72.3 Å². The Morgan fingerprint density at radius 3 is 2.24 bits per heavy atom. The van der Waals surface area contributed by atoms with Crippen LogP contribution in [0.5, 0.6) is 0 Å². The van der Waals surface area contributed by atoms with E-state index in [-0.39, 0.29) is 19.1 Å². The number of alkyl carbamates (subject to hydrolysis) is 1. The molecule has 0 saturated carbocycles. The normalized spacial score (nSPS) is 14.8. The summed E-state index contributed by atoms with van der Waals surface area (Å²) in [6, 6.07) is 15.2. The molecule has 2 unspecified atom stereocenters. The average Bonchev–Trinajstić information content (AvgIpc) is 3.17. The van der Waals surface area contributed by atoms with E-state index < -0.39 is 29.4 Å². The lowest BCUT2D eigenvalue weighted by Gasteiger charge is -2.25. The first kappa shape index (κ1) is 25.0. The third kappa shape index (κ3) is 5.47. The number of fused-ring (bicyclic) bond motifs is 3. The summed E-state index contributed by atoms with van der Waals surface area (Å²) in [5, 5.41) is 14.7. The Labute approximate surface area is 200 Å². The number of hydrogen-bond acceptors (Lipinski definition) is 4. The summed E-state index contributed by atoms with van der Waals surface area (Å²) in [5.74, 6) is -1.52. The van der Waals surface area contributed by atoms with Gasteiger partial charge in [0.25, 0.3) is 0 Å². The van der Waals surface area contributed by atoms with E-state index in [0.717, 1.165) is 22.3 Å². The summed E-state index contributed by atoms with van der Waals surface area (Å²) in [7, 11) is 0. The molecular formula is C27H32N2O5. The van der Waals surface area contributed by atoms with Gasteiger partial charge in [-0.15, -0.1) is 6.58 Å². The van der Waals surface area contributed by atoms with Crippen LogP contribution in [0.3, 0.4) is 0 Å². The largest absolute Gasteiger partial charge is 0.481 e. The number of ether oxygens (including phenoxy) is 1. The lowest BCUT2D eigenvalue weighted by atomic mass is 9.87. The highest BCUT2D eigenvalue weighted by atomic mass is 16.5. The standard InChI is InChI=1S/C27H32N2O5/c1-4-6-15-23(24(30)28-17-27(3,5-2)25(31)32)29-26(33)34-16-22-20-13-9-7-11-18(20)19-12-8-10-14-21(19)22/h4,7-14,22-23H,1,5-6,15-17H2,2-3H3,(H,28,30)(H,29,33)(H,31,32). The monoisotopic (exact) mass is 464 g/mol. The van der Waals surface area contributed by atoms with Gasteiger partial charge in [0.2, 0.25) is 5.91 Å². The van der Waals surface area contributed by atoms with Gasteiger partial charge in [-0.25, -0.2) is 4.79 Å². The SMILES string of the molecule is C=CCCC(NC(=O)OCC1c2ccccc2-c2ccccc21)C(=O)NCC(C)(CC)C(=O)O. The first-order valence-corrected chi connectivity index (χ1v) is 11.5. The Kier molecular flexibility index (Phi) is 8.10. The summed E-state index contributed by atoms with van der Waals surface area (Å²) in [5.41, 5.74) is 3.39. The average molecular weight is 465 g/mol. The number of hydrogen-bond donors (Lipinski definition) is 3. The highest BCUT2D eigenvalue weighted by Crippen LogP contribution is 2.44. The number of nitrogens with one attached hydrogen (secondary N) is 2. The molecule has 1 aliphatic rings. The molecule has 0 bridgehead atoms. The van der Waals surface area contributed by atoms with Crippen LogP contribution < -0.4 is 10.6 Å². The number of carbonyl (C=O) groups excluding carboxylic acids is 2. The quantitative estimate of drug-likeness (QED) is 0.426. The van der Waals surface area contributed by atoms with Gasteiger partial charge in [0.1, 0.15) is 12.6 Å². The van der Waals surface area contributed by atoms with Crippen LogP contribution in [0.15, 0.2) is 61.2 Å². The van der Waals surface area contributed by atoms with Crippen molar-refractivity contribution in [2.75, 3.05) is 13.2 Å². The minimum atomic E-state index is -1.08. The van der Waals surface area contributed by atoms with Gasteiger partial charge in [0, 0.05) is 12.5 Å². The van der Waals surface area contributed by atoms with Crippen molar-refractivity contribution < 1.29 is 24.2 Å². The first-order chi connectivity index (χ1) is 16.3. The molecule has 34 heavy (non-hydrogen) atoms. The van der Waals surface area contributed by atoms with Crippen molar-refractivity contribution in [2.45, 2.75) is 45.1 Å². The zero-order valence-electron chi connectivity index (χ0n) is 19.7. The van der Waals surface area contributed by atoms with Crippen LogP contribution in [-0.2, 0) is 14.3 Å². The van der Waals surface area contributed by atoms with Crippen molar-refractivity contribution in [3.8, 4) is 11.1 Å². The number of aliphatic carboxylic acids is 1. The highest BCUT2D eigenvalue weighted by molar-refractivity contribution is 5.86. The second kappa shape index (κ2) is 11.0. The fraction of sp³-hybridized carbons (Fsp3) is 0.370. The van der Waals surface area contributed by atoms with E-state index in [9.17, 15) is 19.5 Å². The molecule has 0 radical (unpaired) electrons. The molecule has 2 aromatic rings. The number of amides is 2. The third-order valence-electron chi connectivity index (χ3n) is 6.56. The Morgan fingerprint density at radius 1 is 1.12 bits per heavy atom. The van der Waals surface area contributed by atoms with Crippen LogP contribution in [0.25, 0.3) is 11.1 Å². The van der Waals surface area contributed by atoms with Crippen molar-refractivity contribution in [1.82, 2.24) is 10.6 Å². The fourth-order valence-corrected chi connectivity index (χ4v) is 4.09. The Bertz CT molecular complexity index is 1020. The van der Waals surface area contributed by atoms with E-state index in [1.165, 1.54) is 0 Å². The van der Waals surface area contributed by atoms with Crippen molar-refractivity contribution in [1.29, 1.82) is 0 Å². The number of rotatable bonds is 11.